The third kappa shape index (κ3) is 5.74. The Morgan fingerprint density at radius 1 is 1.00 bits per heavy atom. The fraction of sp³-hybridized carbons (Fsp3) is 0.259. The number of amides is 1. The standard InChI is InChI=1S/C27H28ClN3O2/c1-27(2,3)20-10-8-19(9-11-20)17-31-24-7-5-4-6-23(24)30-25(31)16-29-26(32)18-33-22-14-12-21(28)13-15-22/h4-15H,16-18H2,1-3H3,(H,29,32). The Morgan fingerprint density at radius 2 is 1.70 bits per heavy atom. The molecule has 5 nitrogen and oxygen atoms in total. The highest BCUT2D eigenvalue weighted by molar-refractivity contribution is 6.30. The Kier molecular flexibility index (Phi) is 6.70. The predicted molar refractivity (Wildman–Crippen MR) is 133 cm³/mol. The minimum atomic E-state index is -0.210. The van der Waals surface area contributed by atoms with Crippen molar-refractivity contribution in [2.24, 2.45) is 0 Å². The minimum Gasteiger partial charge on any atom is -0.484 e. The van der Waals surface area contributed by atoms with Crippen molar-refractivity contribution in [1.29, 1.82) is 0 Å². The van der Waals surface area contributed by atoms with Gasteiger partial charge in [-0.1, -0.05) is 68.8 Å². The number of aromatic nitrogens is 2. The molecule has 1 heterocycles. The van der Waals surface area contributed by atoms with Crippen LogP contribution < -0.4 is 10.1 Å². The fourth-order valence-corrected chi connectivity index (χ4v) is 3.76. The summed E-state index contributed by atoms with van der Waals surface area (Å²) >= 11 is 5.88. The molecule has 0 saturated carbocycles. The van der Waals surface area contributed by atoms with E-state index in [-0.39, 0.29) is 17.9 Å². The first-order valence-corrected chi connectivity index (χ1v) is 11.4. The maximum absolute atomic E-state index is 12.4. The molecule has 33 heavy (non-hydrogen) atoms. The normalized spacial score (nSPS) is 11.5. The van der Waals surface area contributed by atoms with Crippen LogP contribution in [0.4, 0.5) is 0 Å². The van der Waals surface area contributed by atoms with Crippen LogP contribution in [0.1, 0.15) is 37.7 Å². The number of imidazole rings is 1. The predicted octanol–water partition coefficient (Wildman–Crippen LogP) is 5.73. The van der Waals surface area contributed by atoms with Gasteiger partial charge in [0, 0.05) is 11.6 Å². The highest BCUT2D eigenvalue weighted by Gasteiger charge is 2.15. The van der Waals surface area contributed by atoms with Gasteiger partial charge in [0.05, 0.1) is 17.6 Å². The number of benzene rings is 3. The van der Waals surface area contributed by atoms with E-state index in [1.807, 2.05) is 18.2 Å². The number of nitrogens with one attached hydrogen (secondary N) is 1. The smallest absolute Gasteiger partial charge is 0.258 e. The number of rotatable bonds is 7. The van der Waals surface area contributed by atoms with Gasteiger partial charge < -0.3 is 14.6 Å². The maximum atomic E-state index is 12.4. The summed E-state index contributed by atoms with van der Waals surface area (Å²) < 4.78 is 7.69. The SMILES string of the molecule is CC(C)(C)c1ccc(Cn2c(CNC(=O)COc3ccc(Cl)cc3)nc3ccccc32)cc1. The van der Waals surface area contributed by atoms with Gasteiger partial charge in [-0.15, -0.1) is 0 Å². The molecule has 1 aromatic heterocycles. The van der Waals surface area contributed by atoms with Crippen molar-refractivity contribution in [2.45, 2.75) is 39.3 Å². The number of hydrogen-bond acceptors (Lipinski definition) is 3. The van der Waals surface area contributed by atoms with Gasteiger partial charge in [-0.2, -0.15) is 0 Å². The number of halogens is 1. The number of fused-ring (bicyclic) bond motifs is 1. The molecule has 0 radical (unpaired) electrons. The Bertz CT molecular complexity index is 1240. The molecule has 0 aliphatic rings. The van der Waals surface area contributed by atoms with E-state index in [2.05, 4.69) is 61.0 Å². The monoisotopic (exact) mass is 461 g/mol. The zero-order valence-electron chi connectivity index (χ0n) is 19.1. The molecule has 0 saturated heterocycles. The number of nitrogens with zero attached hydrogens (tertiary/aromatic N) is 2. The molecule has 0 fully saturated rings. The van der Waals surface area contributed by atoms with E-state index in [1.165, 1.54) is 11.1 Å². The molecule has 6 heteroatoms. The first-order valence-electron chi connectivity index (χ1n) is 11.0. The maximum Gasteiger partial charge on any atom is 0.258 e. The Morgan fingerprint density at radius 3 is 2.39 bits per heavy atom. The summed E-state index contributed by atoms with van der Waals surface area (Å²) in [5, 5.41) is 3.55. The third-order valence-electron chi connectivity index (χ3n) is 5.52. The molecule has 0 unspecified atom stereocenters. The van der Waals surface area contributed by atoms with Gasteiger partial charge in [0.2, 0.25) is 0 Å². The van der Waals surface area contributed by atoms with Crippen LogP contribution in [-0.2, 0) is 23.3 Å². The van der Waals surface area contributed by atoms with Crippen molar-refractivity contribution in [2.75, 3.05) is 6.61 Å². The van der Waals surface area contributed by atoms with Crippen LogP contribution >= 0.6 is 11.6 Å². The van der Waals surface area contributed by atoms with E-state index < -0.39 is 0 Å². The lowest BCUT2D eigenvalue weighted by Gasteiger charge is -2.19. The molecule has 0 aliphatic heterocycles. The van der Waals surface area contributed by atoms with E-state index in [0.717, 1.165) is 16.9 Å². The summed E-state index contributed by atoms with van der Waals surface area (Å²) in [7, 11) is 0. The zero-order valence-corrected chi connectivity index (χ0v) is 19.9. The fourth-order valence-electron chi connectivity index (χ4n) is 3.64. The van der Waals surface area contributed by atoms with Gasteiger partial charge in [-0.3, -0.25) is 4.79 Å². The summed E-state index contributed by atoms with van der Waals surface area (Å²) in [6.45, 7) is 7.56. The van der Waals surface area contributed by atoms with Crippen molar-refractivity contribution < 1.29 is 9.53 Å². The first-order chi connectivity index (χ1) is 15.8. The zero-order chi connectivity index (χ0) is 23.4. The molecule has 0 aliphatic carbocycles. The van der Waals surface area contributed by atoms with Crippen LogP contribution in [0.2, 0.25) is 5.02 Å². The third-order valence-corrected chi connectivity index (χ3v) is 5.77. The number of ether oxygens (including phenoxy) is 1. The van der Waals surface area contributed by atoms with E-state index >= 15 is 0 Å². The summed E-state index contributed by atoms with van der Waals surface area (Å²) in [5.41, 5.74) is 4.55. The lowest BCUT2D eigenvalue weighted by molar-refractivity contribution is -0.123. The lowest BCUT2D eigenvalue weighted by Crippen LogP contribution is -2.29. The molecule has 0 spiro atoms. The number of para-hydroxylation sites is 2. The molecule has 3 aromatic carbocycles. The molecule has 4 rings (SSSR count). The van der Waals surface area contributed by atoms with Crippen molar-refractivity contribution >= 4 is 28.5 Å². The van der Waals surface area contributed by atoms with E-state index in [4.69, 9.17) is 21.3 Å². The van der Waals surface area contributed by atoms with Crippen molar-refractivity contribution in [3.63, 3.8) is 0 Å². The second-order valence-electron chi connectivity index (χ2n) is 9.07. The number of carbonyl (C=O) groups excluding carboxylic acids is 1. The molecule has 0 bridgehead atoms. The Hall–Kier alpha value is -3.31. The second-order valence-corrected chi connectivity index (χ2v) is 9.51. The number of carbonyl (C=O) groups is 1. The molecular weight excluding hydrogens is 434 g/mol. The molecule has 0 atom stereocenters. The van der Waals surface area contributed by atoms with E-state index in [1.54, 1.807) is 24.3 Å². The minimum absolute atomic E-state index is 0.0733. The highest BCUT2D eigenvalue weighted by atomic mass is 35.5. The van der Waals surface area contributed by atoms with Gasteiger partial charge in [-0.25, -0.2) is 4.98 Å². The van der Waals surface area contributed by atoms with Gasteiger partial charge in [0.15, 0.2) is 6.61 Å². The average Bonchev–Trinajstić information content (AvgIpc) is 3.14. The van der Waals surface area contributed by atoms with Crippen LogP contribution in [0.5, 0.6) is 5.75 Å². The van der Waals surface area contributed by atoms with Crippen molar-refractivity contribution in [1.82, 2.24) is 14.9 Å². The molecular formula is C27H28ClN3O2. The summed E-state index contributed by atoms with van der Waals surface area (Å²) in [6, 6.07) is 23.6. The Labute approximate surface area is 199 Å². The van der Waals surface area contributed by atoms with E-state index in [0.29, 0.717) is 23.9 Å². The quantitative estimate of drug-likeness (QED) is 0.382. The van der Waals surface area contributed by atoms with Gasteiger partial charge >= 0.3 is 0 Å². The van der Waals surface area contributed by atoms with E-state index in [9.17, 15) is 4.79 Å². The first kappa shape index (κ1) is 22.9. The summed E-state index contributed by atoms with van der Waals surface area (Å²) in [4.78, 5) is 17.1. The summed E-state index contributed by atoms with van der Waals surface area (Å²) in [5.74, 6) is 1.19. The van der Waals surface area contributed by atoms with Gasteiger partial charge in [0.1, 0.15) is 11.6 Å². The topological polar surface area (TPSA) is 56.2 Å². The highest BCUT2D eigenvalue weighted by Crippen LogP contribution is 2.24. The molecule has 170 valence electrons. The molecule has 4 aromatic rings. The van der Waals surface area contributed by atoms with Crippen LogP contribution in [0.3, 0.4) is 0 Å². The average molecular weight is 462 g/mol. The lowest BCUT2D eigenvalue weighted by atomic mass is 9.87. The second kappa shape index (κ2) is 9.67. The van der Waals surface area contributed by atoms with Crippen LogP contribution in [-0.4, -0.2) is 22.1 Å². The van der Waals surface area contributed by atoms with Gasteiger partial charge in [0.25, 0.3) is 5.91 Å². The van der Waals surface area contributed by atoms with Crippen molar-refractivity contribution in [3.05, 3.63) is 94.8 Å². The molecule has 1 N–H and O–H groups in total. The van der Waals surface area contributed by atoms with Crippen LogP contribution in [0.25, 0.3) is 11.0 Å². The summed E-state index contributed by atoms with van der Waals surface area (Å²) in [6.07, 6.45) is 0. The number of hydrogen-bond donors (Lipinski definition) is 1. The van der Waals surface area contributed by atoms with Crippen molar-refractivity contribution in [3.8, 4) is 5.75 Å². The molecule has 1 amide bonds. The van der Waals surface area contributed by atoms with Crippen LogP contribution in [0.15, 0.2) is 72.8 Å². The van der Waals surface area contributed by atoms with Crippen LogP contribution in [0, 0.1) is 0 Å². The Balaban J connectivity index is 1.46. The largest absolute Gasteiger partial charge is 0.484 e. The van der Waals surface area contributed by atoms with Gasteiger partial charge in [-0.05, 0) is 52.9 Å².